The van der Waals surface area contributed by atoms with E-state index >= 15 is 0 Å². The number of imidazole rings is 1. The summed E-state index contributed by atoms with van der Waals surface area (Å²) in [4.78, 5) is 28.6. The number of hydrazine groups is 1. The van der Waals surface area contributed by atoms with E-state index in [4.69, 9.17) is 4.74 Å². The second-order valence-corrected chi connectivity index (χ2v) is 6.68. The molecule has 7 nitrogen and oxygen atoms in total. The molecule has 1 fully saturated rings. The monoisotopic (exact) mass is 358 g/mol. The van der Waals surface area contributed by atoms with Crippen LogP contribution in [0, 0.1) is 6.92 Å². The largest absolute Gasteiger partial charge is 0.368 e. The van der Waals surface area contributed by atoms with Crippen molar-refractivity contribution >= 4 is 22.8 Å². The third-order valence-electron chi connectivity index (χ3n) is 4.84. The van der Waals surface area contributed by atoms with E-state index in [1.807, 2.05) is 13.0 Å². The summed E-state index contributed by atoms with van der Waals surface area (Å²) in [6, 6.07) is 5.34. The van der Waals surface area contributed by atoms with Gasteiger partial charge in [-0.15, -0.1) is 0 Å². The zero-order valence-electron chi connectivity index (χ0n) is 15.4. The molecule has 2 amide bonds. The van der Waals surface area contributed by atoms with Crippen molar-refractivity contribution in [2.75, 3.05) is 6.61 Å². The highest BCUT2D eigenvalue weighted by Crippen LogP contribution is 2.20. The molecular formula is C19H26N4O3. The van der Waals surface area contributed by atoms with Crippen LogP contribution in [0.3, 0.4) is 0 Å². The Kier molecular flexibility index (Phi) is 5.88. The van der Waals surface area contributed by atoms with Crippen LogP contribution in [-0.4, -0.2) is 34.1 Å². The highest BCUT2D eigenvalue weighted by atomic mass is 16.5. The zero-order valence-corrected chi connectivity index (χ0v) is 15.4. The molecule has 7 heteroatoms. The first kappa shape index (κ1) is 18.4. The van der Waals surface area contributed by atoms with Gasteiger partial charge in [0.1, 0.15) is 12.4 Å². The minimum absolute atomic E-state index is 0.0376. The fourth-order valence-electron chi connectivity index (χ4n) is 3.45. The third-order valence-corrected chi connectivity index (χ3v) is 4.84. The normalized spacial score (nSPS) is 15.2. The average molecular weight is 358 g/mol. The molecule has 3 rings (SSSR count). The number of fused-ring (bicyclic) bond motifs is 1. The molecule has 0 radical (unpaired) electrons. The molecule has 0 bridgehead atoms. The van der Waals surface area contributed by atoms with Crippen molar-refractivity contribution in [3.8, 4) is 0 Å². The van der Waals surface area contributed by atoms with Crippen LogP contribution in [0.25, 0.3) is 11.0 Å². The summed E-state index contributed by atoms with van der Waals surface area (Å²) in [7, 11) is 0. The van der Waals surface area contributed by atoms with Gasteiger partial charge in [-0.2, -0.15) is 0 Å². The standard InChI is InChI=1S/C19H26N4O3/c1-3-23-13(2)20-16-11-14(9-10-17(16)23)19(25)22-21-18(24)12-26-15-7-5-4-6-8-15/h9-11,15H,3-8,12H2,1-2H3,(H,21,24)(H,22,25). The van der Waals surface area contributed by atoms with E-state index in [-0.39, 0.29) is 24.5 Å². The Labute approximate surface area is 153 Å². The number of rotatable bonds is 5. The average Bonchev–Trinajstić information content (AvgIpc) is 2.99. The van der Waals surface area contributed by atoms with Crippen molar-refractivity contribution in [3.05, 3.63) is 29.6 Å². The van der Waals surface area contributed by atoms with Crippen molar-refractivity contribution in [1.29, 1.82) is 0 Å². The minimum Gasteiger partial charge on any atom is -0.368 e. The Morgan fingerprint density at radius 2 is 2.00 bits per heavy atom. The van der Waals surface area contributed by atoms with Gasteiger partial charge in [-0.05, 0) is 44.9 Å². The van der Waals surface area contributed by atoms with E-state index in [9.17, 15) is 9.59 Å². The number of aryl methyl sites for hydroxylation is 2. The molecule has 1 aliphatic carbocycles. The Morgan fingerprint density at radius 1 is 1.23 bits per heavy atom. The smallest absolute Gasteiger partial charge is 0.269 e. The summed E-state index contributed by atoms with van der Waals surface area (Å²) in [5.41, 5.74) is 7.05. The molecule has 0 spiro atoms. The van der Waals surface area contributed by atoms with Crippen molar-refractivity contribution in [3.63, 3.8) is 0 Å². The molecule has 2 aromatic rings. The van der Waals surface area contributed by atoms with Crippen LogP contribution in [0.4, 0.5) is 0 Å². The highest BCUT2D eigenvalue weighted by molar-refractivity contribution is 5.98. The number of hydrogen-bond acceptors (Lipinski definition) is 4. The lowest BCUT2D eigenvalue weighted by molar-refractivity contribution is -0.129. The fraction of sp³-hybridized carbons (Fsp3) is 0.526. The molecule has 0 unspecified atom stereocenters. The third kappa shape index (κ3) is 4.22. The molecule has 0 atom stereocenters. The lowest BCUT2D eigenvalue weighted by atomic mass is 9.98. The van der Waals surface area contributed by atoms with Gasteiger partial charge >= 0.3 is 0 Å². The molecule has 2 N–H and O–H groups in total. The predicted molar refractivity (Wildman–Crippen MR) is 98.6 cm³/mol. The van der Waals surface area contributed by atoms with Crippen LogP contribution in [0.5, 0.6) is 0 Å². The van der Waals surface area contributed by atoms with E-state index in [0.29, 0.717) is 5.56 Å². The van der Waals surface area contributed by atoms with Gasteiger partial charge in [0.15, 0.2) is 0 Å². The molecule has 1 aromatic carbocycles. The van der Waals surface area contributed by atoms with Gasteiger partial charge in [-0.3, -0.25) is 20.4 Å². The summed E-state index contributed by atoms with van der Waals surface area (Å²) in [5, 5.41) is 0. The van der Waals surface area contributed by atoms with Gasteiger partial charge in [0, 0.05) is 12.1 Å². The number of carbonyl (C=O) groups is 2. The second-order valence-electron chi connectivity index (χ2n) is 6.68. The summed E-state index contributed by atoms with van der Waals surface area (Å²) in [5.74, 6) is 0.186. The number of amides is 2. The molecule has 26 heavy (non-hydrogen) atoms. The zero-order chi connectivity index (χ0) is 18.5. The number of benzene rings is 1. The van der Waals surface area contributed by atoms with Crippen molar-refractivity contribution in [1.82, 2.24) is 20.4 Å². The first-order chi connectivity index (χ1) is 12.6. The topological polar surface area (TPSA) is 85.3 Å². The van der Waals surface area contributed by atoms with E-state index in [1.54, 1.807) is 12.1 Å². The van der Waals surface area contributed by atoms with Crippen LogP contribution in [0.1, 0.15) is 55.2 Å². The first-order valence-electron chi connectivity index (χ1n) is 9.26. The number of nitrogens with one attached hydrogen (secondary N) is 2. The maximum absolute atomic E-state index is 12.3. The lowest BCUT2D eigenvalue weighted by Crippen LogP contribution is -2.43. The van der Waals surface area contributed by atoms with Crippen LogP contribution >= 0.6 is 0 Å². The molecule has 1 saturated carbocycles. The minimum atomic E-state index is -0.374. The number of carbonyl (C=O) groups excluding carboxylic acids is 2. The summed E-state index contributed by atoms with van der Waals surface area (Å²) in [6.45, 7) is 4.78. The maximum Gasteiger partial charge on any atom is 0.269 e. The molecule has 1 aromatic heterocycles. The number of ether oxygens (including phenoxy) is 1. The van der Waals surface area contributed by atoms with E-state index in [1.165, 1.54) is 6.42 Å². The van der Waals surface area contributed by atoms with Crippen LogP contribution in [0.2, 0.25) is 0 Å². The Bertz CT molecular complexity index is 793. The number of hydrogen-bond donors (Lipinski definition) is 2. The van der Waals surface area contributed by atoms with Crippen LogP contribution < -0.4 is 10.9 Å². The van der Waals surface area contributed by atoms with Crippen molar-refractivity contribution < 1.29 is 14.3 Å². The SMILES string of the molecule is CCn1c(C)nc2cc(C(=O)NNC(=O)COC3CCCCC3)ccc21. The van der Waals surface area contributed by atoms with Gasteiger partial charge < -0.3 is 9.30 Å². The summed E-state index contributed by atoms with van der Waals surface area (Å²) < 4.78 is 7.68. The maximum atomic E-state index is 12.3. The van der Waals surface area contributed by atoms with Gasteiger partial charge in [-0.25, -0.2) is 4.98 Å². The van der Waals surface area contributed by atoms with E-state index in [2.05, 4.69) is 27.3 Å². The lowest BCUT2D eigenvalue weighted by Gasteiger charge is -2.21. The van der Waals surface area contributed by atoms with Gasteiger partial charge in [-0.1, -0.05) is 19.3 Å². The van der Waals surface area contributed by atoms with Gasteiger partial charge in [0.2, 0.25) is 0 Å². The Morgan fingerprint density at radius 3 is 2.73 bits per heavy atom. The fourth-order valence-corrected chi connectivity index (χ4v) is 3.45. The molecule has 1 aliphatic rings. The van der Waals surface area contributed by atoms with Gasteiger partial charge in [0.25, 0.3) is 11.8 Å². The van der Waals surface area contributed by atoms with E-state index in [0.717, 1.165) is 49.1 Å². The number of nitrogens with zero attached hydrogens (tertiary/aromatic N) is 2. The molecule has 1 heterocycles. The van der Waals surface area contributed by atoms with Crippen LogP contribution in [0.15, 0.2) is 18.2 Å². The molecule has 0 saturated heterocycles. The molecule has 0 aliphatic heterocycles. The van der Waals surface area contributed by atoms with Crippen molar-refractivity contribution in [2.45, 2.75) is 58.6 Å². The van der Waals surface area contributed by atoms with Crippen LogP contribution in [-0.2, 0) is 16.1 Å². The van der Waals surface area contributed by atoms with Crippen molar-refractivity contribution in [2.24, 2.45) is 0 Å². The highest BCUT2D eigenvalue weighted by Gasteiger charge is 2.16. The molecular weight excluding hydrogens is 332 g/mol. The summed E-state index contributed by atoms with van der Waals surface area (Å²) >= 11 is 0. The number of aromatic nitrogens is 2. The summed E-state index contributed by atoms with van der Waals surface area (Å²) in [6.07, 6.45) is 5.71. The van der Waals surface area contributed by atoms with Gasteiger partial charge in [0.05, 0.1) is 17.1 Å². The van der Waals surface area contributed by atoms with E-state index < -0.39 is 0 Å². The predicted octanol–water partition coefficient (Wildman–Crippen LogP) is 2.47. The Hall–Kier alpha value is -2.41. The second kappa shape index (κ2) is 8.31. The molecule has 140 valence electrons. The Balaban J connectivity index is 1.52. The quantitative estimate of drug-likeness (QED) is 0.804. The first-order valence-corrected chi connectivity index (χ1v) is 9.26.